The second-order valence-electron chi connectivity index (χ2n) is 6.63. The Morgan fingerprint density at radius 3 is 2.33 bits per heavy atom. The van der Waals surface area contributed by atoms with Crippen molar-refractivity contribution in [1.82, 2.24) is 10.0 Å². The smallest absolute Gasteiger partial charge is 0.270 e. The molecule has 11 heteroatoms. The normalized spacial score (nSPS) is 11.2. The minimum atomic E-state index is -3.95. The van der Waals surface area contributed by atoms with Gasteiger partial charge in [-0.25, -0.2) is 13.1 Å². The Morgan fingerprint density at radius 1 is 1.07 bits per heavy atom. The molecule has 0 aromatic heterocycles. The molecule has 0 fully saturated rings. The van der Waals surface area contributed by atoms with Crippen LogP contribution in [0.5, 0.6) is 0 Å². The van der Waals surface area contributed by atoms with Crippen molar-refractivity contribution in [3.05, 3.63) is 64.2 Å². The largest absolute Gasteiger partial charge is 0.351 e. The van der Waals surface area contributed by atoms with Gasteiger partial charge in [0.1, 0.15) is 0 Å². The Labute approximate surface area is 173 Å². The van der Waals surface area contributed by atoms with Crippen molar-refractivity contribution >= 4 is 33.2 Å². The number of benzene rings is 2. The van der Waals surface area contributed by atoms with Crippen LogP contribution in [-0.4, -0.2) is 38.2 Å². The van der Waals surface area contributed by atoms with E-state index in [0.29, 0.717) is 11.3 Å². The highest BCUT2D eigenvalue weighted by Gasteiger charge is 2.17. The zero-order valence-corrected chi connectivity index (χ0v) is 17.2. The quantitative estimate of drug-likeness (QED) is 0.312. The topological polar surface area (TPSA) is 148 Å². The highest BCUT2D eigenvalue weighted by atomic mass is 32.2. The molecule has 0 saturated heterocycles. The molecule has 0 atom stereocenters. The molecular formula is C19H22N4O6S. The summed E-state index contributed by atoms with van der Waals surface area (Å²) in [5, 5.41) is 16.1. The van der Waals surface area contributed by atoms with E-state index in [4.69, 9.17) is 0 Å². The number of carbonyl (C=O) groups is 2. The third-order valence-corrected chi connectivity index (χ3v) is 5.44. The molecule has 0 unspecified atom stereocenters. The zero-order valence-electron chi connectivity index (χ0n) is 16.4. The number of nitrogens with zero attached hydrogens (tertiary/aromatic N) is 1. The van der Waals surface area contributed by atoms with Crippen LogP contribution in [0.25, 0.3) is 0 Å². The van der Waals surface area contributed by atoms with Gasteiger partial charge in [0.15, 0.2) is 0 Å². The molecule has 0 heterocycles. The minimum absolute atomic E-state index is 0.0127. The van der Waals surface area contributed by atoms with Crippen molar-refractivity contribution in [2.45, 2.75) is 18.7 Å². The lowest BCUT2D eigenvalue weighted by molar-refractivity contribution is -0.385. The molecule has 0 aliphatic carbocycles. The van der Waals surface area contributed by atoms with Gasteiger partial charge in [-0.3, -0.25) is 19.7 Å². The maximum Gasteiger partial charge on any atom is 0.270 e. The van der Waals surface area contributed by atoms with Crippen molar-refractivity contribution in [2.24, 2.45) is 5.92 Å². The van der Waals surface area contributed by atoms with Crippen molar-refractivity contribution in [3.8, 4) is 0 Å². The van der Waals surface area contributed by atoms with Gasteiger partial charge in [-0.15, -0.1) is 0 Å². The molecule has 3 N–H and O–H groups in total. The average molecular weight is 434 g/mol. The van der Waals surface area contributed by atoms with E-state index in [1.54, 1.807) is 38.1 Å². The van der Waals surface area contributed by atoms with Gasteiger partial charge in [-0.2, -0.15) is 0 Å². The third kappa shape index (κ3) is 6.36. The molecule has 0 saturated carbocycles. The number of carbonyl (C=O) groups excluding carboxylic acids is 2. The first kappa shape index (κ1) is 23.0. The van der Waals surface area contributed by atoms with Crippen LogP contribution >= 0.6 is 0 Å². The van der Waals surface area contributed by atoms with E-state index in [0.717, 1.165) is 6.07 Å². The molecule has 0 spiro atoms. The molecule has 0 radical (unpaired) electrons. The predicted octanol–water partition coefficient (Wildman–Crippen LogP) is 1.90. The summed E-state index contributed by atoms with van der Waals surface area (Å²) in [5.41, 5.74) is 0.577. The summed E-state index contributed by atoms with van der Waals surface area (Å²) in [4.78, 5) is 33.7. The number of nitro groups is 1. The number of rotatable bonds is 9. The number of nitrogens with one attached hydrogen (secondary N) is 3. The van der Waals surface area contributed by atoms with Crippen molar-refractivity contribution in [1.29, 1.82) is 0 Å². The van der Waals surface area contributed by atoms with E-state index in [-0.39, 0.29) is 35.5 Å². The van der Waals surface area contributed by atoms with E-state index in [1.165, 1.54) is 18.2 Å². The summed E-state index contributed by atoms with van der Waals surface area (Å²) in [5.74, 6) is -0.715. The predicted molar refractivity (Wildman–Crippen MR) is 111 cm³/mol. The van der Waals surface area contributed by atoms with E-state index >= 15 is 0 Å². The zero-order chi connectivity index (χ0) is 22.3. The highest BCUT2D eigenvalue weighted by Crippen LogP contribution is 2.17. The first-order valence-electron chi connectivity index (χ1n) is 9.03. The molecule has 2 aromatic carbocycles. The fourth-order valence-electron chi connectivity index (χ4n) is 2.30. The summed E-state index contributed by atoms with van der Waals surface area (Å²) in [6.07, 6.45) is 0. The molecule has 2 aromatic rings. The van der Waals surface area contributed by atoms with Crippen LogP contribution in [0.3, 0.4) is 0 Å². The van der Waals surface area contributed by atoms with Crippen LogP contribution < -0.4 is 15.4 Å². The first-order chi connectivity index (χ1) is 14.1. The standard InChI is InChI=1S/C19H22N4O6S/c1-13(2)18(24)22-15-8-6-14(7-9-15)19(25)20-10-11-21-30(28,29)17-5-3-4-16(12-17)23(26)27/h3-9,12-13,21H,10-11H2,1-2H3,(H,20,25)(H,22,24). The molecule has 30 heavy (non-hydrogen) atoms. The number of nitro benzene ring substituents is 1. The number of sulfonamides is 1. The van der Waals surface area contributed by atoms with Gasteiger partial charge in [0.05, 0.1) is 9.82 Å². The van der Waals surface area contributed by atoms with Crippen LogP contribution in [0.15, 0.2) is 53.4 Å². The van der Waals surface area contributed by atoms with Gasteiger partial charge in [0.2, 0.25) is 15.9 Å². The van der Waals surface area contributed by atoms with Crippen LogP contribution in [0.1, 0.15) is 24.2 Å². The average Bonchev–Trinajstić information content (AvgIpc) is 2.71. The number of hydrogen-bond acceptors (Lipinski definition) is 6. The Morgan fingerprint density at radius 2 is 1.73 bits per heavy atom. The van der Waals surface area contributed by atoms with Gasteiger partial charge in [0, 0.05) is 42.4 Å². The number of hydrogen-bond donors (Lipinski definition) is 3. The highest BCUT2D eigenvalue weighted by molar-refractivity contribution is 7.89. The van der Waals surface area contributed by atoms with E-state index in [1.807, 2.05) is 0 Å². The number of non-ortho nitro benzene ring substituents is 1. The summed E-state index contributed by atoms with van der Waals surface area (Å²) in [6.45, 7) is 3.45. The Hall–Kier alpha value is -3.31. The monoisotopic (exact) mass is 434 g/mol. The van der Waals surface area contributed by atoms with E-state index in [2.05, 4.69) is 15.4 Å². The van der Waals surface area contributed by atoms with Crippen molar-refractivity contribution in [2.75, 3.05) is 18.4 Å². The van der Waals surface area contributed by atoms with Crippen LogP contribution in [0.4, 0.5) is 11.4 Å². The maximum absolute atomic E-state index is 12.2. The fraction of sp³-hybridized carbons (Fsp3) is 0.263. The lowest BCUT2D eigenvalue weighted by Gasteiger charge is -2.10. The molecule has 2 rings (SSSR count). The molecular weight excluding hydrogens is 412 g/mol. The SMILES string of the molecule is CC(C)C(=O)Nc1ccc(C(=O)NCCNS(=O)(=O)c2cccc([N+](=O)[O-])c2)cc1. The first-order valence-corrected chi connectivity index (χ1v) is 10.5. The number of anilines is 1. The maximum atomic E-state index is 12.2. The Bertz CT molecular complexity index is 1040. The lowest BCUT2D eigenvalue weighted by Crippen LogP contribution is -2.34. The van der Waals surface area contributed by atoms with Crippen LogP contribution in [0.2, 0.25) is 0 Å². The van der Waals surface area contributed by atoms with Gasteiger partial charge < -0.3 is 10.6 Å². The van der Waals surface area contributed by atoms with Gasteiger partial charge in [-0.1, -0.05) is 19.9 Å². The number of amides is 2. The summed E-state index contributed by atoms with van der Waals surface area (Å²) in [6, 6.07) is 11.0. The van der Waals surface area contributed by atoms with E-state index in [9.17, 15) is 28.1 Å². The molecule has 10 nitrogen and oxygen atoms in total. The molecule has 0 aliphatic rings. The summed E-state index contributed by atoms with van der Waals surface area (Å²) >= 11 is 0. The van der Waals surface area contributed by atoms with Crippen LogP contribution in [0, 0.1) is 16.0 Å². The van der Waals surface area contributed by atoms with Crippen LogP contribution in [-0.2, 0) is 14.8 Å². The Balaban J connectivity index is 1.86. The van der Waals surface area contributed by atoms with Gasteiger partial charge in [0.25, 0.3) is 11.6 Å². The van der Waals surface area contributed by atoms with Crippen molar-refractivity contribution < 1.29 is 22.9 Å². The summed E-state index contributed by atoms with van der Waals surface area (Å²) < 4.78 is 26.7. The van der Waals surface area contributed by atoms with Gasteiger partial charge >= 0.3 is 0 Å². The molecule has 0 bridgehead atoms. The molecule has 2 amide bonds. The molecule has 160 valence electrons. The second kappa shape index (κ2) is 9.94. The summed E-state index contributed by atoms with van der Waals surface area (Å²) in [7, 11) is -3.95. The van der Waals surface area contributed by atoms with Gasteiger partial charge in [-0.05, 0) is 30.3 Å². The molecule has 0 aliphatic heterocycles. The Kier molecular flexibility index (Phi) is 7.61. The second-order valence-corrected chi connectivity index (χ2v) is 8.40. The fourth-order valence-corrected chi connectivity index (χ4v) is 3.37. The third-order valence-electron chi connectivity index (χ3n) is 3.98. The minimum Gasteiger partial charge on any atom is -0.351 e. The lowest BCUT2D eigenvalue weighted by atomic mass is 10.1. The van der Waals surface area contributed by atoms with E-state index < -0.39 is 20.9 Å². The van der Waals surface area contributed by atoms with Crippen molar-refractivity contribution in [3.63, 3.8) is 0 Å².